The highest BCUT2D eigenvalue weighted by Crippen LogP contribution is 2.31. The number of carbonyl (C=O) groups is 1. The molecule has 1 aromatic heterocycles. The first-order valence-corrected chi connectivity index (χ1v) is 8.51. The van der Waals surface area contributed by atoms with Crippen molar-refractivity contribution in [3.8, 4) is 11.1 Å². The maximum atomic E-state index is 14.1. The second-order valence-electron chi connectivity index (χ2n) is 6.50. The first-order valence-electron chi connectivity index (χ1n) is 8.51. The molecule has 25 heavy (non-hydrogen) atoms. The van der Waals surface area contributed by atoms with Gasteiger partial charge in [0.05, 0.1) is 6.54 Å². The Bertz CT molecular complexity index is 738. The van der Waals surface area contributed by atoms with E-state index in [-0.39, 0.29) is 24.9 Å². The van der Waals surface area contributed by atoms with Crippen molar-refractivity contribution in [2.45, 2.75) is 19.8 Å². The van der Waals surface area contributed by atoms with Crippen LogP contribution in [0.2, 0.25) is 0 Å². The molecule has 3 rings (SSSR count). The van der Waals surface area contributed by atoms with Crippen LogP contribution in [0.15, 0.2) is 24.3 Å². The zero-order chi connectivity index (χ0) is 17.8. The lowest BCUT2D eigenvalue weighted by molar-refractivity contribution is -0.117. The summed E-state index contributed by atoms with van der Waals surface area (Å²) in [5, 5.41) is 18.9. The lowest BCUT2D eigenvalue weighted by Crippen LogP contribution is -2.39. The molecule has 0 aliphatic carbocycles. The van der Waals surface area contributed by atoms with Crippen molar-refractivity contribution in [2.24, 2.45) is 5.92 Å². The summed E-state index contributed by atoms with van der Waals surface area (Å²) in [5.41, 5.74) is 1.68. The SMILES string of the molecule is Cc1[nH]nc(NC(=O)CN2CCC(CO)CC2)c1-c1ccccc1F. The van der Waals surface area contributed by atoms with Crippen molar-refractivity contribution in [2.75, 3.05) is 31.6 Å². The van der Waals surface area contributed by atoms with E-state index < -0.39 is 0 Å². The molecule has 0 unspecified atom stereocenters. The third-order valence-corrected chi connectivity index (χ3v) is 4.68. The number of nitrogens with zero attached hydrogens (tertiary/aromatic N) is 2. The summed E-state index contributed by atoms with van der Waals surface area (Å²) in [6.45, 7) is 3.85. The molecule has 2 aromatic rings. The average Bonchev–Trinajstić information content (AvgIpc) is 2.96. The summed E-state index contributed by atoms with van der Waals surface area (Å²) in [5.74, 6) is 0.152. The molecule has 7 heteroatoms. The summed E-state index contributed by atoms with van der Waals surface area (Å²) in [6.07, 6.45) is 1.79. The first-order chi connectivity index (χ1) is 12.1. The van der Waals surface area contributed by atoms with Crippen LogP contribution in [0.4, 0.5) is 10.2 Å². The summed E-state index contributed by atoms with van der Waals surface area (Å²) >= 11 is 0. The van der Waals surface area contributed by atoms with Gasteiger partial charge in [-0.15, -0.1) is 0 Å². The largest absolute Gasteiger partial charge is 0.396 e. The number of aliphatic hydroxyl groups excluding tert-OH is 1. The molecular formula is C18H23FN4O2. The van der Waals surface area contributed by atoms with Gasteiger partial charge in [0, 0.05) is 23.4 Å². The minimum atomic E-state index is -0.353. The van der Waals surface area contributed by atoms with Gasteiger partial charge in [-0.2, -0.15) is 5.10 Å². The number of anilines is 1. The number of piperidine rings is 1. The van der Waals surface area contributed by atoms with E-state index in [1.807, 2.05) is 0 Å². The number of hydrogen-bond acceptors (Lipinski definition) is 4. The van der Waals surface area contributed by atoms with Crippen LogP contribution in [0.25, 0.3) is 11.1 Å². The number of hydrogen-bond donors (Lipinski definition) is 3. The smallest absolute Gasteiger partial charge is 0.239 e. The van der Waals surface area contributed by atoms with Crippen molar-refractivity contribution in [3.63, 3.8) is 0 Å². The van der Waals surface area contributed by atoms with Crippen LogP contribution in [0.5, 0.6) is 0 Å². The highest BCUT2D eigenvalue weighted by Gasteiger charge is 2.22. The molecule has 1 aliphatic heterocycles. The molecule has 1 fully saturated rings. The van der Waals surface area contributed by atoms with Gasteiger partial charge in [0.25, 0.3) is 0 Å². The predicted octanol–water partition coefficient (Wildman–Crippen LogP) is 2.17. The Labute approximate surface area is 146 Å². The van der Waals surface area contributed by atoms with Crippen LogP contribution >= 0.6 is 0 Å². The Morgan fingerprint density at radius 2 is 2.12 bits per heavy atom. The minimum Gasteiger partial charge on any atom is -0.396 e. The molecule has 1 aliphatic rings. The molecule has 0 atom stereocenters. The Hall–Kier alpha value is -2.25. The van der Waals surface area contributed by atoms with E-state index in [0.29, 0.717) is 28.6 Å². The van der Waals surface area contributed by atoms with Gasteiger partial charge in [-0.1, -0.05) is 18.2 Å². The minimum absolute atomic E-state index is 0.175. The van der Waals surface area contributed by atoms with Crippen molar-refractivity contribution in [1.29, 1.82) is 0 Å². The Kier molecular flexibility index (Phi) is 5.45. The zero-order valence-corrected chi connectivity index (χ0v) is 14.3. The predicted molar refractivity (Wildman–Crippen MR) is 93.6 cm³/mol. The fraction of sp³-hybridized carbons (Fsp3) is 0.444. The van der Waals surface area contributed by atoms with Crippen LogP contribution < -0.4 is 5.32 Å². The van der Waals surface area contributed by atoms with E-state index in [1.54, 1.807) is 25.1 Å². The van der Waals surface area contributed by atoms with Gasteiger partial charge in [0.1, 0.15) is 5.82 Å². The number of likely N-dealkylation sites (tertiary alicyclic amines) is 1. The summed E-state index contributed by atoms with van der Waals surface area (Å²) in [4.78, 5) is 14.4. The molecule has 2 heterocycles. The lowest BCUT2D eigenvalue weighted by atomic mass is 9.98. The number of aromatic nitrogens is 2. The summed E-state index contributed by atoms with van der Waals surface area (Å²) < 4.78 is 14.1. The summed E-state index contributed by atoms with van der Waals surface area (Å²) in [7, 11) is 0. The average molecular weight is 346 g/mol. The fourth-order valence-electron chi connectivity index (χ4n) is 3.21. The maximum Gasteiger partial charge on any atom is 0.239 e. The second kappa shape index (κ2) is 7.76. The molecule has 1 aromatic carbocycles. The van der Waals surface area contributed by atoms with Gasteiger partial charge in [-0.3, -0.25) is 14.8 Å². The van der Waals surface area contributed by atoms with Gasteiger partial charge < -0.3 is 10.4 Å². The van der Waals surface area contributed by atoms with Crippen LogP contribution in [-0.2, 0) is 4.79 Å². The van der Waals surface area contributed by atoms with Gasteiger partial charge in [0.15, 0.2) is 5.82 Å². The van der Waals surface area contributed by atoms with Crippen LogP contribution in [0.3, 0.4) is 0 Å². The van der Waals surface area contributed by atoms with Crippen molar-refractivity contribution < 1.29 is 14.3 Å². The van der Waals surface area contributed by atoms with Crippen LogP contribution in [0.1, 0.15) is 18.5 Å². The van der Waals surface area contributed by atoms with Gasteiger partial charge in [-0.05, 0) is 44.8 Å². The highest BCUT2D eigenvalue weighted by atomic mass is 19.1. The van der Waals surface area contributed by atoms with Gasteiger partial charge >= 0.3 is 0 Å². The number of H-pyrrole nitrogens is 1. The number of benzene rings is 1. The fourth-order valence-corrected chi connectivity index (χ4v) is 3.21. The Balaban J connectivity index is 1.68. The van der Waals surface area contributed by atoms with Gasteiger partial charge in [-0.25, -0.2) is 4.39 Å². The summed E-state index contributed by atoms with van der Waals surface area (Å²) in [6, 6.07) is 6.44. The third-order valence-electron chi connectivity index (χ3n) is 4.68. The number of nitrogens with one attached hydrogen (secondary N) is 2. The Morgan fingerprint density at radius 1 is 1.40 bits per heavy atom. The number of aryl methyl sites for hydroxylation is 1. The monoisotopic (exact) mass is 346 g/mol. The van der Waals surface area contributed by atoms with E-state index in [2.05, 4.69) is 20.4 Å². The molecule has 0 spiro atoms. The van der Waals surface area contributed by atoms with E-state index in [1.165, 1.54) is 6.07 Å². The number of amides is 1. The lowest BCUT2D eigenvalue weighted by Gasteiger charge is -2.30. The molecule has 0 bridgehead atoms. The van der Waals surface area contributed by atoms with E-state index in [4.69, 9.17) is 0 Å². The van der Waals surface area contributed by atoms with Crippen molar-refractivity contribution in [1.82, 2.24) is 15.1 Å². The van der Waals surface area contributed by atoms with E-state index >= 15 is 0 Å². The molecular weight excluding hydrogens is 323 g/mol. The topological polar surface area (TPSA) is 81.2 Å². The molecule has 3 N–H and O–H groups in total. The molecule has 1 amide bonds. The molecule has 0 radical (unpaired) electrons. The molecule has 1 saturated heterocycles. The maximum absolute atomic E-state index is 14.1. The number of carbonyl (C=O) groups excluding carboxylic acids is 1. The zero-order valence-electron chi connectivity index (χ0n) is 14.3. The quantitative estimate of drug-likeness (QED) is 0.775. The number of aromatic amines is 1. The van der Waals surface area contributed by atoms with Crippen LogP contribution in [0, 0.1) is 18.7 Å². The molecule has 0 saturated carbocycles. The van der Waals surface area contributed by atoms with Crippen molar-refractivity contribution >= 4 is 11.7 Å². The van der Waals surface area contributed by atoms with Crippen molar-refractivity contribution in [3.05, 3.63) is 35.8 Å². The number of rotatable bonds is 5. The first kappa shape index (κ1) is 17.6. The molecule has 134 valence electrons. The second-order valence-corrected chi connectivity index (χ2v) is 6.50. The van der Waals surface area contributed by atoms with Gasteiger partial charge in [0.2, 0.25) is 5.91 Å². The van der Waals surface area contributed by atoms with E-state index in [9.17, 15) is 14.3 Å². The highest BCUT2D eigenvalue weighted by molar-refractivity contribution is 5.95. The normalized spacial score (nSPS) is 16.1. The van der Waals surface area contributed by atoms with E-state index in [0.717, 1.165) is 25.9 Å². The number of halogens is 1. The standard InChI is InChI=1S/C18H23FN4O2/c1-12-17(14-4-2-3-5-15(14)19)18(22-21-12)20-16(25)10-23-8-6-13(11-24)7-9-23/h2-5,13,24H,6-11H2,1H3,(H2,20,21,22,25). The van der Waals surface area contributed by atoms with Crippen LogP contribution in [-0.4, -0.2) is 52.4 Å². The Morgan fingerprint density at radius 3 is 2.80 bits per heavy atom. The molecule has 6 nitrogen and oxygen atoms in total. The third kappa shape index (κ3) is 4.05. The number of aliphatic hydroxyl groups is 1.